The van der Waals surface area contributed by atoms with Gasteiger partial charge in [-0.25, -0.2) is 9.18 Å². The Morgan fingerprint density at radius 3 is 2.88 bits per heavy atom. The molecule has 4 nitrogen and oxygen atoms in total. The summed E-state index contributed by atoms with van der Waals surface area (Å²) in [6.45, 7) is 3.52. The molecular formula is C12H12FNO3. The number of carbonyl (C=O) groups is 1. The lowest BCUT2D eigenvalue weighted by Gasteiger charge is -2.09. The van der Waals surface area contributed by atoms with Gasteiger partial charge in [0, 0.05) is 0 Å². The molecule has 1 atom stereocenters. The molecule has 0 aliphatic heterocycles. The van der Waals surface area contributed by atoms with Gasteiger partial charge in [0.05, 0.1) is 5.92 Å². The first-order valence-corrected chi connectivity index (χ1v) is 5.18. The molecule has 1 aromatic carbocycles. The minimum absolute atomic E-state index is 0.200. The van der Waals surface area contributed by atoms with E-state index >= 15 is 0 Å². The Bertz CT molecular complexity index is 467. The van der Waals surface area contributed by atoms with E-state index in [4.69, 9.17) is 4.74 Å². The third-order valence-electron chi connectivity index (χ3n) is 2.33. The van der Waals surface area contributed by atoms with E-state index in [1.807, 2.05) is 6.92 Å². The predicted molar refractivity (Wildman–Crippen MR) is 59.3 cm³/mol. The van der Waals surface area contributed by atoms with Crippen LogP contribution < -0.4 is 4.74 Å². The summed E-state index contributed by atoms with van der Waals surface area (Å²) in [6, 6.07) is 4.04. The number of halogens is 1. The zero-order valence-electron chi connectivity index (χ0n) is 9.57. The Morgan fingerprint density at radius 2 is 2.29 bits per heavy atom. The normalized spacial score (nSPS) is 11.5. The van der Waals surface area contributed by atoms with E-state index in [-0.39, 0.29) is 17.4 Å². The molecule has 90 valence electrons. The maximum absolute atomic E-state index is 13.6. The maximum Gasteiger partial charge on any atom is 0.314 e. The van der Waals surface area contributed by atoms with Crippen LogP contribution in [0.4, 0.5) is 10.1 Å². The number of benzene rings is 1. The van der Waals surface area contributed by atoms with Crippen LogP contribution in [-0.4, -0.2) is 12.0 Å². The van der Waals surface area contributed by atoms with Crippen LogP contribution in [0, 0.1) is 11.7 Å². The van der Waals surface area contributed by atoms with E-state index in [1.54, 1.807) is 6.92 Å². The third-order valence-corrected chi connectivity index (χ3v) is 2.33. The van der Waals surface area contributed by atoms with Crippen molar-refractivity contribution in [1.29, 1.82) is 0 Å². The van der Waals surface area contributed by atoms with Gasteiger partial charge in [-0.2, -0.15) is 4.99 Å². The zero-order valence-corrected chi connectivity index (χ0v) is 9.57. The topological polar surface area (TPSA) is 55.7 Å². The van der Waals surface area contributed by atoms with Gasteiger partial charge in [0.25, 0.3) is 0 Å². The zero-order chi connectivity index (χ0) is 12.8. The van der Waals surface area contributed by atoms with E-state index in [0.29, 0.717) is 6.42 Å². The van der Waals surface area contributed by atoms with Crippen LogP contribution in [0.5, 0.6) is 5.75 Å². The van der Waals surface area contributed by atoms with Crippen molar-refractivity contribution in [2.75, 3.05) is 0 Å². The van der Waals surface area contributed by atoms with Crippen LogP contribution in [-0.2, 0) is 9.59 Å². The van der Waals surface area contributed by atoms with Crippen LogP contribution in [0.1, 0.15) is 20.3 Å². The van der Waals surface area contributed by atoms with Gasteiger partial charge in [-0.3, -0.25) is 4.79 Å². The van der Waals surface area contributed by atoms with Crippen molar-refractivity contribution in [3.8, 4) is 5.75 Å². The van der Waals surface area contributed by atoms with Crippen molar-refractivity contribution >= 4 is 17.7 Å². The Hall–Kier alpha value is -2.00. The first kappa shape index (κ1) is 13.1. The summed E-state index contributed by atoms with van der Waals surface area (Å²) in [5.41, 5.74) is -0.200. The summed E-state index contributed by atoms with van der Waals surface area (Å²) in [4.78, 5) is 24.7. The first-order valence-electron chi connectivity index (χ1n) is 5.18. The molecule has 0 spiro atoms. The van der Waals surface area contributed by atoms with Gasteiger partial charge in [0.1, 0.15) is 5.69 Å². The van der Waals surface area contributed by atoms with Crippen LogP contribution >= 0.6 is 0 Å². The quantitative estimate of drug-likeness (QED) is 0.350. The second-order valence-electron chi connectivity index (χ2n) is 3.52. The summed E-state index contributed by atoms with van der Waals surface area (Å²) < 4.78 is 18.5. The van der Waals surface area contributed by atoms with Gasteiger partial charge in [0.2, 0.25) is 6.08 Å². The Labute approximate surface area is 98.1 Å². The molecule has 0 N–H and O–H groups in total. The van der Waals surface area contributed by atoms with Crippen LogP contribution in [0.2, 0.25) is 0 Å². The number of nitrogens with zero attached hydrogens (tertiary/aromatic N) is 1. The van der Waals surface area contributed by atoms with Gasteiger partial charge < -0.3 is 4.74 Å². The van der Waals surface area contributed by atoms with E-state index in [9.17, 15) is 14.0 Å². The van der Waals surface area contributed by atoms with Crippen LogP contribution in [0.25, 0.3) is 0 Å². The molecule has 1 unspecified atom stereocenters. The fourth-order valence-electron chi connectivity index (χ4n) is 1.09. The molecule has 0 amide bonds. The molecule has 0 fully saturated rings. The lowest BCUT2D eigenvalue weighted by atomic mass is 10.1. The molecule has 1 aromatic rings. The molecule has 17 heavy (non-hydrogen) atoms. The average molecular weight is 237 g/mol. The molecule has 0 radical (unpaired) electrons. The molecule has 0 heterocycles. The standard InChI is InChI=1S/C12H12FNO3/c1-3-8(2)12(16)17-10-6-4-5-9(11(10)13)14-7-15/h4-6,8H,3H2,1-2H3. The second kappa shape index (κ2) is 5.92. The van der Waals surface area contributed by atoms with E-state index in [0.717, 1.165) is 0 Å². The summed E-state index contributed by atoms with van der Waals surface area (Å²) >= 11 is 0. The van der Waals surface area contributed by atoms with E-state index in [2.05, 4.69) is 4.99 Å². The summed E-state index contributed by atoms with van der Waals surface area (Å²) in [7, 11) is 0. The number of aliphatic imine (C=N–C) groups is 1. The summed E-state index contributed by atoms with van der Waals surface area (Å²) in [5.74, 6) is -1.90. The van der Waals surface area contributed by atoms with Crippen LogP contribution in [0.3, 0.4) is 0 Å². The fourth-order valence-corrected chi connectivity index (χ4v) is 1.09. The minimum atomic E-state index is -0.840. The highest BCUT2D eigenvalue weighted by atomic mass is 19.1. The van der Waals surface area contributed by atoms with Crippen molar-refractivity contribution < 1.29 is 18.7 Å². The number of hydrogen-bond donors (Lipinski definition) is 0. The Balaban J connectivity index is 2.96. The van der Waals surface area contributed by atoms with Crippen molar-refractivity contribution in [3.63, 3.8) is 0 Å². The van der Waals surface area contributed by atoms with Crippen molar-refractivity contribution in [3.05, 3.63) is 24.0 Å². The van der Waals surface area contributed by atoms with E-state index < -0.39 is 11.8 Å². The van der Waals surface area contributed by atoms with Gasteiger partial charge in [-0.1, -0.05) is 19.9 Å². The summed E-state index contributed by atoms with van der Waals surface area (Å²) in [5, 5.41) is 0. The van der Waals surface area contributed by atoms with E-state index in [1.165, 1.54) is 24.3 Å². The lowest BCUT2D eigenvalue weighted by Crippen LogP contribution is -2.17. The average Bonchev–Trinajstić information content (AvgIpc) is 2.33. The Morgan fingerprint density at radius 1 is 1.59 bits per heavy atom. The number of rotatable bonds is 4. The molecule has 5 heteroatoms. The van der Waals surface area contributed by atoms with Crippen molar-refractivity contribution in [1.82, 2.24) is 0 Å². The predicted octanol–water partition coefficient (Wildman–Crippen LogP) is 2.74. The minimum Gasteiger partial charge on any atom is -0.423 e. The molecule has 0 saturated heterocycles. The van der Waals surface area contributed by atoms with Crippen molar-refractivity contribution in [2.24, 2.45) is 10.9 Å². The molecule has 0 bridgehead atoms. The fraction of sp³-hybridized carbons (Fsp3) is 0.333. The highest BCUT2D eigenvalue weighted by Gasteiger charge is 2.16. The number of ether oxygens (including phenoxy) is 1. The molecule has 0 aromatic heterocycles. The number of hydrogen-bond acceptors (Lipinski definition) is 4. The van der Waals surface area contributed by atoms with Crippen LogP contribution in [0.15, 0.2) is 23.2 Å². The molecule has 0 aliphatic carbocycles. The number of isocyanates is 1. The maximum atomic E-state index is 13.6. The molecule has 0 aliphatic rings. The number of esters is 1. The van der Waals surface area contributed by atoms with Gasteiger partial charge in [-0.05, 0) is 18.6 Å². The first-order chi connectivity index (χ1) is 8.10. The van der Waals surface area contributed by atoms with Gasteiger partial charge in [0.15, 0.2) is 11.6 Å². The van der Waals surface area contributed by atoms with Gasteiger partial charge >= 0.3 is 5.97 Å². The molecule has 0 saturated carbocycles. The SMILES string of the molecule is CCC(C)C(=O)Oc1cccc(N=C=O)c1F. The van der Waals surface area contributed by atoms with Gasteiger partial charge in [-0.15, -0.1) is 0 Å². The molecular weight excluding hydrogens is 225 g/mol. The number of carbonyl (C=O) groups excluding carboxylic acids is 2. The largest absolute Gasteiger partial charge is 0.423 e. The monoisotopic (exact) mass is 237 g/mol. The lowest BCUT2D eigenvalue weighted by molar-refractivity contribution is -0.138. The second-order valence-corrected chi connectivity index (χ2v) is 3.52. The molecule has 1 rings (SSSR count). The highest BCUT2D eigenvalue weighted by Crippen LogP contribution is 2.27. The Kier molecular flexibility index (Phi) is 4.55. The summed E-state index contributed by atoms with van der Waals surface area (Å²) in [6.07, 6.45) is 1.84. The van der Waals surface area contributed by atoms with Crippen molar-refractivity contribution in [2.45, 2.75) is 20.3 Å². The third kappa shape index (κ3) is 3.23. The smallest absolute Gasteiger partial charge is 0.314 e. The highest BCUT2D eigenvalue weighted by molar-refractivity contribution is 5.75.